The van der Waals surface area contributed by atoms with Crippen LogP contribution in [0, 0.1) is 5.82 Å². The highest BCUT2D eigenvalue weighted by molar-refractivity contribution is 7.21. The summed E-state index contributed by atoms with van der Waals surface area (Å²) in [5.41, 5.74) is 1.81. The number of hydrogen-bond donors (Lipinski definition) is 1. The molecular weight excluding hydrogens is 337 g/mol. The average molecular weight is 357 g/mol. The van der Waals surface area contributed by atoms with Gasteiger partial charge < -0.3 is 10.1 Å². The van der Waals surface area contributed by atoms with Crippen molar-refractivity contribution in [3.8, 4) is 0 Å². The van der Waals surface area contributed by atoms with Crippen LogP contribution >= 0.6 is 11.3 Å². The Hall–Kier alpha value is -2.24. The Kier molecular flexibility index (Phi) is 5.46. The third-order valence-electron chi connectivity index (χ3n) is 4.11. The van der Waals surface area contributed by atoms with Crippen molar-refractivity contribution in [1.82, 2.24) is 5.32 Å². The molecule has 0 radical (unpaired) electrons. The largest absolute Gasteiger partial charge is 0.462 e. The first-order valence-corrected chi connectivity index (χ1v) is 9.08. The fourth-order valence-electron chi connectivity index (χ4n) is 2.81. The minimum atomic E-state index is -0.396. The van der Waals surface area contributed by atoms with Gasteiger partial charge in [-0.1, -0.05) is 36.4 Å². The van der Waals surface area contributed by atoms with E-state index in [0.717, 1.165) is 10.3 Å². The predicted molar refractivity (Wildman–Crippen MR) is 99.4 cm³/mol. The Labute approximate surface area is 150 Å². The molecule has 1 aromatic heterocycles. The van der Waals surface area contributed by atoms with Crippen LogP contribution in [0.1, 0.15) is 40.7 Å². The second kappa shape index (κ2) is 7.76. The smallest absolute Gasteiger partial charge is 0.348 e. The number of fused-ring (bicyclic) bond motifs is 1. The van der Waals surface area contributed by atoms with E-state index < -0.39 is 5.97 Å². The number of halogens is 1. The van der Waals surface area contributed by atoms with Crippen LogP contribution < -0.4 is 5.32 Å². The van der Waals surface area contributed by atoms with Crippen LogP contribution in [-0.4, -0.2) is 12.6 Å². The van der Waals surface area contributed by atoms with E-state index in [9.17, 15) is 9.18 Å². The highest BCUT2D eigenvalue weighted by atomic mass is 32.1. The van der Waals surface area contributed by atoms with Gasteiger partial charge in [-0.25, -0.2) is 9.18 Å². The van der Waals surface area contributed by atoms with Gasteiger partial charge >= 0.3 is 5.97 Å². The summed E-state index contributed by atoms with van der Waals surface area (Å²) >= 11 is 1.28. The summed E-state index contributed by atoms with van der Waals surface area (Å²) in [4.78, 5) is 12.8. The van der Waals surface area contributed by atoms with Gasteiger partial charge in [0.25, 0.3) is 0 Å². The molecule has 1 heterocycles. The molecule has 0 unspecified atom stereocenters. The fourth-order valence-corrected chi connectivity index (χ4v) is 3.94. The zero-order valence-corrected chi connectivity index (χ0v) is 15.0. The van der Waals surface area contributed by atoms with E-state index >= 15 is 0 Å². The molecule has 5 heteroatoms. The number of carbonyl (C=O) groups excluding carboxylic acids is 1. The van der Waals surface area contributed by atoms with Crippen molar-refractivity contribution in [2.45, 2.75) is 26.4 Å². The highest BCUT2D eigenvalue weighted by Gasteiger charge is 2.22. The summed E-state index contributed by atoms with van der Waals surface area (Å²) in [6.07, 6.45) is 0. The molecule has 0 amide bonds. The van der Waals surface area contributed by atoms with E-state index in [2.05, 4.69) is 5.32 Å². The number of hydrogen-bond acceptors (Lipinski definition) is 4. The first kappa shape index (κ1) is 17.6. The summed E-state index contributed by atoms with van der Waals surface area (Å²) in [5.74, 6) is -0.708. The van der Waals surface area contributed by atoms with Crippen molar-refractivity contribution < 1.29 is 13.9 Å². The fraction of sp³-hybridized carbons (Fsp3) is 0.250. The van der Waals surface area contributed by atoms with E-state index in [4.69, 9.17) is 4.74 Å². The van der Waals surface area contributed by atoms with E-state index in [1.807, 2.05) is 43.3 Å². The first-order valence-electron chi connectivity index (χ1n) is 8.27. The number of rotatable bonds is 6. The number of thiophene rings is 1. The lowest BCUT2D eigenvalue weighted by atomic mass is 10.1. The second-order valence-corrected chi connectivity index (χ2v) is 6.81. The second-order valence-electron chi connectivity index (χ2n) is 5.76. The summed E-state index contributed by atoms with van der Waals surface area (Å²) < 4.78 is 20.3. The van der Waals surface area contributed by atoms with Crippen molar-refractivity contribution in [2.75, 3.05) is 6.61 Å². The molecule has 0 saturated carbocycles. The molecular formula is C20H20FNO2S. The molecule has 1 N–H and O–H groups in total. The minimum Gasteiger partial charge on any atom is -0.462 e. The van der Waals surface area contributed by atoms with Gasteiger partial charge in [0.1, 0.15) is 10.7 Å². The number of esters is 1. The van der Waals surface area contributed by atoms with Gasteiger partial charge in [-0.15, -0.1) is 11.3 Å². The summed E-state index contributed by atoms with van der Waals surface area (Å²) in [6.45, 7) is 4.50. The first-order chi connectivity index (χ1) is 12.1. The molecule has 0 aliphatic heterocycles. The molecule has 1 atom stereocenters. The molecule has 0 aliphatic rings. The Bertz CT molecular complexity index is 876. The normalized spacial score (nSPS) is 12.3. The standard InChI is InChI=1S/C20H20FNO2S/c1-3-24-20(23)19-15(18-16(21)10-7-11-17(18)25-19)12-22-13(2)14-8-5-4-6-9-14/h4-11,13,22H,3,12H2,1-2H3/t13-/m1/s1. The summed E-state index contributed by atoms with van der Waals surface area (Å²) in [6, 6.07) is 15.0. The highest BCUT2D eigenvalue weighted by Crippen LogP contribution is 2.34. The van der Waals surface area contributed by atoms with Crippen molar-refractivity contribution >= 4 is 27.4 Å². The molecule has 3 nitrogen and oxygen atoms in total. The van der Waals surface area contributed by atoms with Crippen molar-refractivity contribution in [2.24, 2.45) is 0 Å². The third kappa shape index (κ3) is 3.72. The van der Waals surface area contributed by atoms with Crippen LogP contribution in [0.5, 0.6) is 0 Å². The number of benzene rings is 2. The Morgan fingerprint density at radius 2 is 1.96 bits per heavy atom. The van der Waals surface area contributed by atoms with Crippen molar-refractivity contribution in [3.05, 3.63) is 70.4 Å². The molecule has 130 valence electrons. The van der Waals surface area contributed by atoms with E-state index in [1.54, 1.807) is 13.0 Å². The van der Waals surface area contributed by atoms with Gasteiger partial charge in [0, 0.05) is 28.2 Å². The van der Waals surface area contributed by atoms with Gasteiger partial charge in [0.2, 0.25) is 0 Å². The maximum atomic E-state index is 14.4. The minimum absolute atomic E-state index is 0.0815. The molecule has 0 fully saturated rings. The molecule has 0 spiro atoms. The van der Waals surface area contributed by atoms with Crippen LogP contribution in [0.3, 0.4) is 0 Å². The summed E-state index contributed by atoms with van der Waals surface area (Å²) in [5, 5.41) is 3.89. The maximum absolute atomic E-state index is 14.4. The third-order valence-corrected chi connectivity index (χ3v) is 5.29. The van der Waals surface area contributed by atoms with Crippen LogP contribution in [0.15, 0.2) is 48.5 Å². The lowest BCUT2D eigenvalue weighted by Crippen LogP contribution is -2.19. The molecule has 3 rings (SSSR count). The Balaban J connectivity index is 1.93. The van der Waals surface area contributed by atoms with Crippen molar-refractivity contribution in [3.63, 3.8) is 0 Å². The van der Waals surface area contributed by atoms with Crippen LogP contribution in [0.2, 0.25) is 0 Å². The molecule has 0 aliphatic carbocycles. The quantitative estimate of drug-likeness (QED) is 0.626. The van der Waals surface area contributed by atoms with Gasteiger partial charge in [-0.3, -0.25) is 0 Å². The van der Waals surface area contributed by atoms with E-state index in [1.165, 1.54) is 17.4 Å². The van der Waals surface area contributed by atoms with E-state index in [-0.39, 0.29) is 11.9 Å². The van der Waals surface area contributed by atoms with E-state index in [0.29, 0.717) is 29.0 Å². The predicted octanol–water partition coefficient (Wildman–Crippen LogP) is 5.07. The van der Waals surface area contributed by atoms with Crippen molar-refractivity contribution in [1.29, 1.82) is 0 Å². The van der Waals surface area contributed by atoms with Crippen LogP contribution in [0.4, 0.5) is 4.39 Å². The molecule has 0 bridgehead atoms. The molecule has 2 aromatic carbocycles. The maximum Gasteiger partial charge on any atom is 0.348 e. The molecule has 3 aromatic rings. The number of ether oxygens (including phenoxy) is 1. The Morgan fingerprint density at radius 3 is 2.68 bits per heavy atom. The topological polar surface area (TPSA) is 38.3 Å². The average Bonchev–Trinajstić information content (AvgIpc) is 3.01. The zero-order chi connectivity index (χ0) is 17.8. The number of carbonyl (C=O) groups is 1. The van der Waals surface area contributed by atoms with Crippen LogP contribution in [0.25, 0.3) is 10.1 Å². The van der Waals surface area contributed by atoms with Gasteiger partial charge in [-0.2, -0.15) is 0 Å². The van der Waals surface area contributed by atoms with Gasteiger partial charge in [0.15, 0.2) is 0 Å². The lowest BCUT2D eigenvalue weighted by molar-refractivity contribution is 0.0531. The molecule has 25 heavy (non-hydrogen) atoms. The monoisotopic (exact) mass is 357 g/mol. The number of nitrogens with one attached hydrogen (secondary N) is 1. The Morgan fingerprint density at radius 1 is 1.20 bits per heavy atom. The van der Waals surface area contributed by atoms with Gasteiger partial charge in [-0.05, 0) is 31.5 Å². The zero-order valence-electron chi connectivity index (χ0n) is 14.2. The lowest BCUT2D eigenvalue weighted by Gasteiger charge is -2.15. The SMILES string of the molecule is CCOC(=O)c1sc2cccc(F)c2c1CN[C@H](C)c1ccccc1. The van der Waals surface area contributed by atoms with Crippen LogP contribution in [-0.2, 0) is 11.3 Å². The molecule has 0 saturated heterocycles. The summed E-state index contributed by atoms with van der Waals surface area (Å²) in [7, 11) is 0. The van der Waals surface area contributed by atoms with Gasteiger partial charge in [0.05, 0.1) is 6.61 Å².